The number of carbonyl (C=O) groups excluding carboxylic acids is 1. The van der Waals surface area contributed by atoms with Gasteiger partial charge >= 0.3 is 63.3 Å². The summed E-state index contributed by atoms with van der Waals surface area (Å²) in [5.41, 5.74) is 4.77. The molecule has 0 aromatic heterocycles. The summed E-state index contributed by atoms with van der Waals surface area (Å²) < 4.78 is 0. The molecule has 0 unspecified atom stereocenters. The number of rotatable bonds is 5. The van der Waals surface area contributed by atoms with Gasteiger partial charge in [-0.25, -0.2) is 0 Å². The minimum absolute atomic E-state index is 0. The van der Waals surface area contributed by atoms with Gasteiger partial charge in [-0.15, -0.1) is 0 Å². The van der Waals surface area contributed by atoms with Crippen molar-refractivity contribution in [2.24, 2.45) is 5.73 Å². The van der Waals surface area contributed by atoms with Crippen LogP contribution in [0, 0.1) is 0 Å². The standard InChI is InChI=1S/C4H7NO4.C3H7NO2.K/c5-2(4(8)9)1-3(6)7;1-4-2-3(5)6;/h2H,1,5H2,(H,6,7)(H,8,9);4H,2H2,1H3,(H,5,6);/q;;+1/p-1/t2-;;/m0../s1. The molecule has 0 radical (unpaired) electrons. The maximum absolute atomic E-state index is 9.74. The molecule has 0 heterocycles. The Labute approximate surface area is 135 Å². The normalized spacial score (nSPS) is 10.1. The fraction of sp³-hybridized carbons (Fsp3) is 0.571. The van der Waals surface area contributed by atoms with Gasteiger partial charge in [0.2, 0.25) is 0 Å². The van der Waals surface area contributed by atoms with Crippen molar-refractivity contribution < 1.29 is 81.1 Å². The van der Waals surface area contributed by atoms with E-state index in [2.05, 4.69) is 5.32 Å². The van der Waals surface area contributed by atoms with Gasteiger partial charge in [-0.3, -0.25) is 9.59 Å². The zero-order chi connectivity index (χ0) is 12.4. The molecule has 0 aliphatic carbocycles. The van der Waals surface area contributed by atoms with Crippen molar-refractivity contribution in [3.8, 4) is 0 Å². The summed E-state index contributed by atoms with van der Waals surface area (Å²) in [7, 11) is 1.59. The second-order valence-corrected chi connectivity index (χ2v) is 2.45. The molecule has 1 atom stereocenters. The van der Waals surface area contributed by atoms with E-state index >= 15 is 0 Å². The third-order valence-electron chi connectivity index (χ3n) is 1.03. The predicted molar refractivity (Wildman–Crippen MR) is 46.8 cm³/mol. The zero-order valence-corrected chi connectivity index (χ0v) is 12.2. The third kappa shape index (κ3) is 19.5. The maximum Gasteiger partial charge on any atom is 1.00 e. The molecule has 9 heteroatoms. The van der Waals surface area contributed by atoms with E-state index in [1.165, 1.54) is 0 Å². The molecule has 0 amide bonds. The number of likely N-dealkylation sites (N-methyl/N-ethyl adjacent to an activating group) is 1. The number of carboxylic acid groups (broad SMARTS) is 3. The Balaban J connectivity index is -0.000000214. The van der Waals surface area contributed by atoms with Gasteiger partial charge in [-0.2, -0.15) is 0 Å². The summed E-state index contributed by atoms with van der Waals surface area (Å²) in [5, 5.41) is 28.0. The average molecular weight is 260 g/mol. The second kappa shape index (κ2) is 13.0. The Kier molecular flexibility index (Phi) is 17.3. The molecule has 0 bridgehead atoms. The molecule has 0 aliphatic rings. The summed E-state index contributed by atoms with van der Waals surface area (Å²) in [6, 6.07) is -1.40. The fourth-order valence-corrected chi connectivity index (χ4v) is 0.423. The molecule has 0 rings (SSSR count). The van der Waals surface area contributed by atoms with Crippen molar-refractivity contribution in [1.29, 1.82) is 0 Å². The van der Waals surface area contributed by atoms with Crippen LogP contribution < -0.4 is 67.5 Å². The van der Waals surface area contributed by atoms with Crippen LogP contribution in [0.5, 0.6) is 0 Å². The summed E-state index contributed by atoms with van der Waals surface area (Å²) in [5.74, 6) is -3.61. The van der Waals surface area contributed by atoms with Crippen molar-refractivity contribution in [3.05, 3.63) is 0 Å². The van der Waals surface area contributed by atoms with E-state index in [-0.39, 0.29) is 57.9 Å². The number of nitrogens with one attached hydrogen (secondary N) is 1. The van der Waals surface area contributed by atoms with E-state index in [4.69, 9.17) is 15.9 Å². The number of carbonyl (C=O) groups is 3. The first-order chi connectivity index (χ1) is 6.81. The van der Waals surface area contributed by atoms with Crippen LogP contribution in [0.25, 0.3) is 0 Å². The minimum atomic E-state index is -1.54. The maximum atomic E-state index is 9.74. The first-order valence-electron chi connectivity index (χ1n) is 3.85. The predicted octanol–water partition coefficient (Wildman–Crippen LogP) is -6.17. The van der Waals surface area contributed by atoms with Crippen LogP contribution in [-0.4, -0.2) is 47.8 Å². The molecule has 0 saturated carbocycles. The number of hydrogen-bond acceptors (Lipinski definition) is 6. The van der Waals surface area contributed by atoms with Crippen molar-refractivity contribution in [3.63, 3.8) is 0 Å². The molecule has 0 saturated heterocycles. The summed E-state index contributed by atoms with van der Waals surface area (Å²) in [4.78, 5) is 29.0. The monoisotopic (exact) mass is 260 g/mol. The number of carboxylic acids is 3. The SMILES string of the molecule is CNCC(=O)O.N[C@@H](CC(=O)O)C(=O)[O-].[K+]. The molecule has 0 aromatic carbocycles. The molecular formula is C7H13KN2O6. The topological polar surface area (TPSA) is 153 Å². The fourth-order valence-electron chi connectivity index (χ4n) is 0.423. The van der Waals surface area contributed by atoms with Crippen LogP contribution >= 0.6 is 0 Å². The van der Waals surface area contributed by atoms with E-state index in [0.29, 0.717) is 0 Å². The molecule has 88 valence electrons. The molecule has 5 N–H and O–H groups in total. The van der Waals surface area contributed by atoms with Crippen LogP contribution in [0.3, 0.4) is 0 Å². The van der Waals surface area contributed by atoms with Crippen molar-refractivity contribution in [2.45, 2.75) is 12.5 Å². The molecular weight excluding hydrogens is 247 g/mol. The number of aliphatic carboxylic acids is 3. The van der Waals surface area contributed by atoms with E-state index in [9.17, 15) is 19.5 Å². The summed E-state index contributed by atoms with van der Waals surface area (Å²) >= 11 is 0. The van der Waals surface area contributed by atoms with Gasteiger partial charge in [-0.1, -0.05) is 0 Å². The number of nitrogens with two attached hydrogens (primary N) is 1. The first kappa shape index (κ1) is 21.3. The van der Waals surface area contributed by atoms with Crippen LogP contribution in [0.2, 0.25) is 0 Å². The molecule has 0 fully saturated rings. The molecule has 0 spiro atoms. The van der Waals surface area contributed by atoms with Gasteiger partial charge in [0.05, 0.1) is 25.0 Å². The van der Waals surface area contributed by atoms with E-state index in [1.54, 1.807) is 7.05 Å². The van der Waals surface area contributed by atoms with Gasteiger partial charge < -0.3 is 31.2 Å². The van der Waals surface area contributed by atoms with Gasteiger partial charge in [0.25, 0.3) is 0 Å². The Bertz CT molecular complexity index is 235. The Morgan fingerprint density at radius 2 is 1.75 bits per heavy atom. The Morgan fingerprint density at radius 3 is 1.81 bits per heavy atom. The average Bonchev–Trinajstić information content (AvgIpc) is 2.03. The zero-order valence-electron chi connectivity index (χ0n) is 9.10. The van der Waals surface area contributed by atoms with Crippen molar-refractivity contribution in [1.82, 2.24) is 5.32 Å². The quantitative estimate of drug-likeness (QED) is 0.356. The van der Waals surface area contributed by atoms with Crippen molar-refractivity contribution in [2.75, 3.05) is 13.6 Å². The van der Waals surface area contributed by atoms with Crippen LogP contribution in [0.1, 0.15) is 6.42 Å². The first-order valence-corrected chi connectivity index (χ1v) is 3.85. The Hall–Kier alpha value is -0.0336. The van der Waals surface area contributed by atoms with Crippen molar-refractivity contribution >= 4 is 17.9 Å². The largest absolute Gasteiger partial charge is 1.00 e. The van der Waals surface area contributed by atoms with Gasteiger partial charge in [0.15, 0.2) is 0 Å². The number of hydrogen-bond donors (Lipinski definition) is 4. The van der Waals surface area contributed by atoms with E-state index < -0.39 is 30.4 Å². The van der Waals surface area contributed by atoms with Crippen LogP contribution in [0.4, 0.5) is 0 Å². The molecule has 0 aromatic rings. The smallest absolute Gasteiger partial charge is 0.548 e. The second-order valence-electron chi connectivity index (χ2n) is 2.45. The minimum Gasteiger partial charge on any atom is -0.548 e. The molecule has 16 heavy (non-hydrogen) atoms. The Morgan fingerprint density at radius 1 is 1.31 bits per heavy atom. The molecule has 8 nitrogen and oxygen atoms in total. The van der Waals surface area contributed by atoms with E-state index in [0.717, 1.165) is 0 Å². The van der Waals surface area contributed by atoms with E-state index in [1.807, 2.05) is 0 Å². The van der Waals surface area contributed by atoms with Crippen LogP contribution in [0.15, 0.2) is 0 Å². The van der Waals surface area contributed by atoms with Crippen LogP contribution in [-0.2, 0) is 14.4 Å². The van der Waals surface area contributed by atoms with Gasteiger partial charge in [0.1, 0.15) is 0 Å². The molecule has 0 aliphatic heterocycles. The summed E-state index contributed by atoms with van der Waals surface area (Å²) in [6.07, 6.45) is -0.595. The van der Waals surface area contributed by atoms with Gasteiger partial charge in [-0.05, 0) is 7.05 Å². The summed E-state index contributed by atoms with van der Waals surface area (Å²) in [6.45, 7) is 0.0417. The third-order valence-corrected chi connectivity index (χ3v) is 1.03. The van der Waals surface area contributed by atoms with Gasteiger partial charge in [0, 0.05) is 0 Å².